The van der Waals surface area contributed by atoms with Crippen molar-refractivity contribution in [3.63, 3.8) is 0 Å². The number of hydrogen-bond donors (Lipinski definition) is 0. The molecular weight excluding hydrogens is 179 g/mol. The van der Waals surface area contributed by atoms with Gasteiger partial charge in [0.1, 0.15) is 0 Å². The van der Waals surface area contributed by atoms with E-state index >= 15 is 0 Å². The Morgan fingerprint density at radius 3 is 1.00 bits per heavy atom. The third kappa shape index (κ3) is 13.0. The summed E-state index contributed by atoms with van der Waals surface area (Å²) in [4.78, 5) is 0. The summed E-state index contributed by atoms with van der Waals surface area (Å²) in [5.41, 5.74) is 0. The molecule has 0 rings (SSSR count). The Kier molecular flexibility index (Phi) is 211. The summed E-state index contributed by atoms with van der Waals surface area (Å²) in [5, 5.41) is 0. The molecule has 0 spiro atoms. The Bertz CT molecular complexity index is 6.00. The van der Waals surface area contributed by atoms with E-state index in [0.29, 0.717) is 0 Å². The minimum absolute atomic E-state index is 0. The topological polar surface area (TPSA) is 31.5 Å². The SMILES string of the molecule is C=C.O.[La]. The van der Waals surface area contributed by atoms with E-state index in [1.54, 1.807) is 0 Å². The molecule has 1 radical (unpaired) electrons. The first-order valence-electron chi connectivity index (χ1n) is 0.500. The molecule has 2 N–H and O–H groups in total. The summed E-state index contributed by atoms with van der Waals surface area (Å²) >= 11 is 0. The summed E-state index contributed by atoms with van der Waals surface area (Å²) < 4.78 is 0. The van der Waals surface area contributed by atoms with E-state index in [4.69, 9.17) is 0 Å². The van der Waals surface area contributed by atoms with E-state index in [-0.39, 0.29) is 41.1 Å². The Balaban J connectivity index is -0.00000000500. The average Bonchev–Trinajstić information content (AvgIpc) is 1.00. The third-order valence-electron chi connectivity index (χ3n) is 0. The van der Waals surface area contributed by atoms with E-state index in [1.807, 2.05) is 0 Å². The van der Waals surface area contributed by atoms with E-state index in [2.05, 4.69) is 13.2 Å². The maximum atomic E-state index is 3.00. The molecule has 0 aliphatic heterocycles. The summed E-state index contributed by atoms with van der Waals surface area (Å²) in [7, 11) is 0. The molecule has 0 saturated heterocycles. The quantitative estimate of drug-likeness (QED) is 0.475. The van der Waals surface area contributed by atoms with Crippen LogP contribution in [-0.4, -0.2) is 5.48 Å². The van der Waals surface area contributed by atoms with Gasteiger partial charge in [0.05, 0.1) is 0 Å². The van der Waals surface area contributed by atoms with Crippen LogP contribution in [0, 0.1) is 35.6 Å². The van der Waals surface area contributed by atoms with Gasteiger partial charge in [-0.3, -0.25) is 0 Å². The van der Waals surface area contributed by atoms with E-state index in [9.17, 15) is 0 Å². The van der Waals surface area contributed by atoms with Gasteiger partial charge < -0.3 is 5.48 Å². The Hall–Kier alpha value is 0.895. The second-order valence-electron chi connectivity index (χ2n) is 0. The number of rotatable bonds is 0. The first kappa shape index (κ1) is 20.7. The fourth-order valence-corrected chi connectivity index (χ4v) is 0. The molecule has 0 saturated carbocycles. The summed E-state index contributed by atoms with van der Waals surface area (Å²) in [5.74, 6) is 0. The first-order chi connectivity index (χ1) is 1.00. The van der Waals surface area contributed by atoms with Gasteiger partial charge in [-0.2, -0.15) is 0 Å². The van der Waals surface area contributed by atoms with Crippen LogP contribution in [0.25, 0.3) is 0 Å². The smallest absolute Gasteiger partial charge is 0 e. The molecular formula is C2H6LaO. The van der Waals surface area contributed by atoms with Crippen molar-refractivity contribution < 1.29 is 41.1 Å². The van der Waals surface area contributed by atoms with Gasteiger partial charge in [-0.05, 0) is 0 Å². The molecule has 1 nitrogen and oxygen atoms in total. The third-order valence-corrected chi connectivity index (χ3v) is 0. The Labute approximate surface area is 54.0 Å². The molecule has 0 aromatic carbocycles. The van der Waals surface area contributed by atoms with Gasteiger partial charge in [0.25, 0.3) is 0 Å². The molecule has 0 amide bonds. The van der Waals surface area contributed by atoms with Gasteiger partial charge in [0.15, 0.2) is 0 Å². The average molecular weight is 185 g/mol. The van der Waals surface area contributed by atoms with Gasteiger partial charge in [0, 0.05) is 35.6 Å². The van der Waals surface area contributed by atoms with Crippen molar-refractivity contribution in [1.82, 2.24) is 0 Å². The van der Waals surface area contributed by atoms with Crippen molar-refractivity contribution in [3.8, 4) is 0 Å². The van der Waals surface area contributed by atoms with Gasteiger partial charge in [-0.25, -0.2) is 0 Å². The fraction of sp³-hybridized carbons (Fsp3) is 0. The van der Waals surface area contributed by atoms with Crippen molar-refractivity contribution >= 4 is 0 Å². The molecule has 0 heterocycles. The molecule has 23 valence electrons. The first-order valence-corrected chi connectivity index (χ1v) is 0.500. The minimum atomic E-state index is 0. The van der Waals surface area contributed by atoms with Crippen LogP contribution >= 0.6 is 0 Å². The van der Waals surface area contributed by atoms with Crippen molar-refractivity contribution in [2.24, 2.45) is 0 Å². The fourth-order valence-electron chi connectivity index (χ4n) is 0. The summed E-state index contributed by atoms with van der Waals surface area (Å²) in [6.07, 6.45) is 0. The second kappa shape index (κ2) is 40.8. The normalized spacial score (nSPS) is 1.00. The van der Waals surface area contributed by atoms with Gasteiger partial charge in [-0.15, -0.1) is 13.2 Å². The Morgan fingerprint density at radius 1 is 1.00 bits per heavy atom. The largest absolute Gasteiger partial charge is 0.412 e. The standard InChI is InChI=1S/C2H4.La.H2O/c1-2;;/h1-2H2;;1H2. The predicted molar refractivity (Wildman–Crippen MR) is 14.9 cm³/mol. The van der Waals surface area contributed by atoms with Crippen molar-refractivity contribution in [2.45, 2.75) is 0 Å². The van der Waals surface area contributed by atoms with Crippen molar-refractivity contribution in [1.29, 1.82) is 0 Å². The minimum Gasteiger partial charge on any atom is -0.412 e. The zero-order chi connectivity index (χ0) is 2.00. The summed E-state index contributed by atoms with van der Waals surface area (Å²) in [6.45, 7) is 6.00. The molecule has 0 unspecified atom stereocenters. The van der Waals surface area contributed by atoms with Gasteiger partial charge in [-0.1, -0.05) is 0 Å². The molecule has 0 atom stereocenters. The summed E-state index contributed by atoms with van der Waals surface area (Å²) in [6, 6.07) is 0. The van der Waals surface area contributed by atoms with Gasteiger partial charge in [0.2, 0.25) is 0 Å². The molecule has 0 aromatic rings. The Morgan fingerprint density at radius 2 is 1.00 bits per heavy atom. The zero-order valence-electron chi connectivity index (χ0n) is 2.49. The zero-order valence-corrected chi connectivity index (χ0v) is 6.12. The van der Waals surface area contributed by atoms with Crippen LogP contribution in [-0.2, 0) is 0 Å². The monoisotopic (exact) mass is 185 g/mol. The molecule has 0 aliphatic carbocycles. The van der Waals surface area contributed by atoms with Crippen LogP contribution in [0.15, 0.2) is 13.2 Å². The second-order valence-corrected chi connectivity index (χ2v) is 0. The molecule has 0 bridgehead atoms. The van der Waals surface area contributed by atoms with Crippen molar-refractivity contribution in [3.05, 3.63) is 13.2 Å². The number of hydrogen-bond acceptors (Lipinski definition) is 0. The van der Waals surface area contributed by atoms with Crippen molar-refractivity contribution in [2.75, 3.05) is 0 Å². The molecule has 0 aliphatic rings. The van der Waals surface area contributed by atoms with E-state index < -0.39 is 0 Å². The molecule has 2 heteroatoms. The van der Waals surface area contributed by atoms with Crippen LogP contribution in [0.5, 0.6) is 0 Å². The van der Waals surface area contributed by atoms with E-state index in [0.717, 1.165) is 0 Å². The van der Waals surface area contributed by atoms with Crippen LogP contribution in [0.2, 0.25) is 0 Å². The molecule has 0 aromatic heterocycles. The van der Waals surface area contributed by atoms with Crippen LogP contribution in [0.3, 0.4) is 0 Å². The molecule has 4 heavy (non-hydrogen) atoms. The maximum Gasteiger partial charge on any atom is 0 e. The van der Waals surface area contributed by atoms with Crippen LogP contribution in [0.4, 0.5) is 0 Å². The van der Waals surface area contributed by atoms with Crippen LogP contribution < -0.4 is 0 Å². The molecule has 0 fully saturated rings. The maximum absolute atomic E-state index is 3.00. The van der Waals surface area contributed by atoms with Crippen LogP contribution in [0.1, 0.15) is 0 Å². The van der Waals surface area contributed by atoms with E-state index in [1.165, 1.54) is 0 Å². The predicted octanol–water partition coefficient (Wildman–Crippen LogP) is -0.0225. The van der Waals surface area contributed by atoms with Gasteiger partial charge >= 0.3 is 0 Å².